The summed E-state index contributed by atoms with van der Waals surface area (Å²) in [5, 5.41) is 12.0. The molecule has 0 aliphatic carbocycles. The van der Waals surface area contributed by atoms with Crippen molar-refractivity contribution in [3.05, 3.63) is 96.1 Å². The Morgan fingerprint density at radius 3 is 2.04 bits per heavy atom. The predicted octanol–water partition coefficient (Wildman–Crippen LogP) is 3.28. The summed E-state index contributed by atoms with van der Waals surface area (Å²) < 4.78 is 0. The van der Waals surface area contributed by atoms with Gasteiger partial charge in [-0.25, -0.2) is 0 Å². The van der Waals surface area contributed by atoms with Gasteiger partial charge in [0.15, 0.2) is 0 Å². The first kappa shape index (κ1) is 19.2. The number of phenols is 1. The summed E-state index contributed by atoms with van der Waals surface area (Å²) in [7, 11) is 0. The average molecular weight is 374 g/mol. The van der Waals surface area contributed by atoms with Gasteiger partial charge < -0.3 is 10.4 Å². The topological polar surface area (TPSA) is 69.6 Å². The zero-order valence-electron chi connectivity index (χ0n) is 15.4. The number of rotatable bonds is 6. The predicted molar refractivity (Wildman–Crippen MR) is 109 cm³/mol. The fourth-order valence-corrected chi connectivity index (χ4v) is 2.84. The second-order valence-corrected chi connectivity index (χ2v) is 6.38. The number of phenolic OH excluding ortho intramolecular Hbond substituents is 1. The molecule has 142 valence electrons. The minimum Gasteiger partial charge on any atom is -0.508 e. The molecule has 0 saturated heterocycles. The van der Waals surface area contributed by atoms with Gasteiger partial charge in [-0.05, 0) is 41.8 Å². The number of carbonyl (C=O) groups is 2. The van der Waals surface area contributed by atoms with E-state index in [-0.39, 0.29) is 5.75 Å². The zero-order chi connectivity index (χ0) is 19.8. The van der Waals surface area contributed by atoms with Crippen molar-refractivity contribution >= 4 is 17.5 Å². The fraction of sp³-hybridized carbons (Fsp3) is 0.130. The number of aromatic hydroxyl groups is 1. The smallest absolute Gasteiger partial charge is 0.316 e. The Morgan fingerprint density at radius 2 is 1.39 bits per heavy atom. The first-order chi connectivity index (χ1) is 13.6. The van der Waals surface area contributed by atoms with Gasteiger partial charge in [0, 0.05) is 12.2 Å². The van der Waals surface area contributed by atoms with Gasteiger partial charge in [0.25, 0.3) is 0 Å². The quantitative estimate of drug-likeness (QED) is 0.651. The number of hydrogen-bond acceptors (Lipinski definition) is 3. The molecule has 0 aliphatic rings. The van der Waals surface area contributed by atoms with Crippen LogP contribution in [-0.4, -0.2) is 23.5 Å². The van der Waals surface area contributed by atoms with E-state index < -0.39 is 11.8 Å². The lowest BCUT2D eigenvalue weighted by atomic mass is 10.1. The number of anilines is 1. The summed E-state index contributed by atoms with van der Waals surface area (Å²) >= 11 is 0. The zero-order valence-corrected chi connectivity index (χ0v) is 15.4. The van der Waals surface area contributed by atoms with E-state index in [9.17, 15) is 14.7 Å². The summed E-state index contributed by atoms with van der Waals surface area (Å²) in [5.74, 6) is -1.04. The standard InChI is InChI=1S/C23H22N2O3/c26-21-13-11-18(12-14-21)15-16-24-22(27)23(28)25(20-9-5-2-6-10-20)17-19-7-3-1-4-8-19/h1-14,26H,15-17H2,(H,24,27). The molecule has 0 aromatic heterocycles. The number of nitrogens with zero attached hydrogens (tertiary/aromatic N) is 1. The molecule has 3 rings (SSSR count). The average Bonchev–Trinajstić information content (AvgIpc) is 2.74. The fourth-order valence-electron chi connectivity index (χ4n) is 2.84. The first-order valence-corrected chi connectivity index (χ1v) is 9.10. The maximum absolute atomic E-state index is 12.8. The van der Waals surface area contributed by atoms with Crippen molar-refractivity contribution in [2.45, 2.75) is 13.0 Å². The van der Waals surface area contributed by atoms with Crippen LogP contribution in [0.2, 0.25) is 0 Å². The molecule has 2 amide bonds. The minimum atomic E-state index is -0.640. The maximum Gasteiger partial charge on any atom is 0.316 e. The summed E-state index contributed by atoms with van der Waals surface area (Å²) in [6, 6.07) is 25.5. The molecule has 0 heterocycles. The highest BCUT2D eigenvalue weighted by molar-refractivity contribution is 6.40. The molecule has 2 N–H and O–H groups in total. The minimum absolute atomic E-state index is 0.197. The van der Waals surface area contributed by atoms with Gasteiger partial charge in [-0.1, -0.05) is 60.7 Å². The van der Waals surface area contributed by atoms with E-state index >= 15 is 0 Å². The van der Waals surface area contributed by atoms with E-state index in [2.05, 4.69) is 5.32 Å². The highest BCUT2D eigenvalue weighted by Crippen LogP contribution is 2.17. The first-order valence-electron chi connectivity index (χ1n) is 9.10. The van der Waals surface area contributed by atoms with Crippen LogP contribution in [-0.2, 0) is 22.6 Å². The Balaban J connectivity index is 1.66. The third kappa shape index (κ3) is 5.20. The monoisotopic (exact) mass is 374 g/mol. The number of para-hydroxylation sites is 1. The Bertz CT molecular complexity index is 910. The van der Waals surface area contributed by atoms with Crippen molar-refractivity contribution in [2.75, 3.05) is 11.4 Å². The Hall–Kier alpha value is -3.60. The van der Waals surface area contributed by atoms with Gasteiger partial charge in [0.05, 0.1) is 6.54 Å². The van der Waals surface area contributed by atoms with Crippen molar-refractivity contribution < 1.29 is 14.7 Å². The van der Waals surface area contributed by atoms with Gasteiger partial charge in [-0.15, -0.1) is 0 Å². The summed E-state index contributed by atoms with van der Waals surface area (Å²) in [4.78, 5) is 26.7. The molecule has 5 nitrogen and oxygen atoms in total. The largest absolute Gasteiger partial charge is 0.508 e. The maximum atomic E-state index is 12.8. The molecule has 0 bridgehead atoms. The van der Waals surface area contributed by atoms with Crippen LogP contribution in [0, 0.1) is 0 Å². The molecule has 0 aliphatic heterocycles. The third-order valence-electron chi connectivity index (χ3n) is 4.33. The lowest BCUT2D eigenvalue weighted by molar-refractivity contribution is -0.137. The van der Waals surface area contributed by atoms with Crippen LogP contribution in [0.4, 0.5) is 5.69 Å². The molecule has 0 radical (unpaired) electrons. The van der Waals surface area contributed by atoms with Crippen molar-refractivity contribution in [2.24, 2.45) is 0 Å². The SMILES string of the molecule is O=C(NCCc1ccc(O)cc1)C(=O)N(Cc1ccccc1)c1ccccc1. The van der Waals surface area contributed by atoms with Crippen LogP contribution >= 0.6 is 0 Å². The molecule has 5 heteroatoms. The number of benzene rings is 3. The van der Waals surface area contributed by atoms with Crippen molar-refractivity contribution in [1.82, 2.24) is 5.32 Å². The lowest BCUT2D eigenvalue weighted by Gasteiger charge is -2.22. The van der Waals surface area contributed by atoms with Gasteiger partial charge in [-0.2, -0.15) is 0 Å². The van der Waals surface area contributed by atoms with Gasteiger partial charge >= 0.3 is 11.8 Å². The molecular weight excluding hydrogens is 352 g/mol. The second-order valence-electron chi connectivity index (χ2n) is 6.38. The Kier molecular flexibility index (Phi) is 6.41. The molecule has 3 aromatic rings. The van der Waals surface area contributed by atoms with Gasteiger partial charge in [0.2, 0.25) is 0 Å². The van der Waals surface area contributed by atoms with Gasteiger partial charge in [0.1, 0.15) is 5.75 Å². The van der Waals surface area contributed by atoms with Crippen LogP contribution in [0.1, 0.15) is 11.1 Å². The molecule has 0 unspecified atom stereocenters. The summed E-state index contributed by atoms with van der Waals surface area (Å²) in [5.41, 5.74) is 2.58. The molecule has 0 fully saturated rings. The number of carbonyl (C=O) groups excluding carboxylic acids is 2. The molecule has 0 atom stereocenters. The molecular formula is C23H22N2O3. The van der Waals surface area contributed by atoms with Gasteiger partial charge in [-0.3, -0.25) is 14.5 Å². The van der Waals surface area contributed by atoms with Crippen LogP contribution in [0.25, 0.3) is 0 Å². The van der Waals surface area contributed by atoms with Crippen LogP contribution in [0.15, 0.2) is 84.9 Å². The summed E-state index contributed by atoms with van der Waals surface area (Å²) in [6.07, 6.45) is 0.573. The number of hydrogen-bond donors (Lipinski definition) is 2. The molecule has 3 aromatic carbocycles. The second kappa shape index (κ2) is 9.37. The Labute approximate surface area is 164 Å². The summed E-state index contributed by atoms with van der Waals surface area (Å²) in [6.45, 7) is 0.651. The number of amides is 2. The van der Waals surface area contributed by atoms with E-state index in [0.29, 0.717) is 25.2 Å². The van der Waals surface area contributed by atoms with Crippen molar-refractivity contribution in [3.8, 4) is 5.75 Å². The van der Waals surface area contributed by atoms with Crippen molar-refractivity contribution in [1.29, 1.82) is 0 Å². The molecule has 0 saturated carbocycles. The molecule has 0 spiro atoms. The Morgan fingerprint density at radius 1 is 0.786 bits per heavy atom. The van der Waals surface area contributed by atoms with Crippen LogP contribution in [0.5, 0.6) is 5.75 Å². The van der Waals surface area contributed by atoms with E-state index in [0.717, 1.165) is 11.1 Å². The van der Waals surface area contributed by atoms with E-state index in [1.54, 1.807) is 24.3 Å². The highest BCUT2D eigenvalue weighted by Gasteiger charge is 2.23. The van der Waals surface area contributed by atoms with E-state index in [1.165, 1.54) is 4.90 Å². The van der Waals surface area contributed by atoms with E-state index in [1.807, 2.05) is 60.7 Å². The normalized spacial score (nSPS) is 10.3. The van der Waals surface area contributed by atoms with E-state index in [4.69, 9.17) is 0 Å². The molecule has 28 heavy (non-hydrogen) atoms. The van der Waals surface area contributed by atoms with Crippen LogP contribution in [0.3, 0.4) is 0 Å². The highest BCUT2D eigenvalue weighted by atomic mass is 16.3. The number of nitrogens with one attached hydrogen (secondary N) is 1. The third-order valence-corrected chi connectivity index (χ3v) is 4.33. The van der Waals surface area contributed by atoms with Crippen LogP contribution < -0.4 is 10.2 Å². The van der Waals surface area contributed by atoms with Crippen molar-refractivity contribution in [3.63, 3.8) is 0 Å². The lowest BCUT2D eigenvalue weighted by Crippen LogP contribution is -2.43.